The molecule has 0 atom stereocenters. The lowest BCUT2D eigenvalue weighted by Gasteiger charge is -2.32. The fraction of sp³-hybridized carbons (Fsp3) is 0.625. The lowest BCUT2D eigenvalue weighted by atomic mass is 9.85. The van der Waals surface area contributed by atoms with Crippen LogP contribution < -0.4 is 5.32 Å². The van der Waals surface area contributed by atoms with Gasteiger partial charge in [-0.2, -0.15) is 0 Å². The van der Waals surface area contributed by atoms with E-state index < -0.39 is 5.60 Å². The van der Waals surface area contributed by atoms with Crippen LogP contribution >= 0.6 is 0 Å². The van der Waals surface area contributed by atoms with Crippen LogP contribution in [0.25, 0.3) is 0 Å². The third-order valence-corrected chi connectivity index (χ3v) is 3.97. The number of nitrogens with one attached hydrogen (secondary N) is 1. The summed E-state index contributed by atoms with van der Waals surface area (Å²) in [5, 5.41) is 13.8. The molecule has 19 heavy (non-hydrogen) atoms. The van der Waals surface area contributed by atoms with E-state index in [0.717, 1.165) is 32.2 Å². The van der Waals surface area contributed by atoms with Gasteiger partial charge in [0.1, 0.15) is 0 Å². The normalized spacial score (nSPS) is 18.4. The molecule has 0 unspecified atom stereocenters. The molecule has 0 saturated heterocycles. The molecule has 0 amide bonds. The zero-order valence-electron chi connectivity index (χ0n) is 11.8. The predicted molar refractivity (Wildman–Crippen MR) is 76.9 cm³/mol. The lowest BCUT2D eigenvalue weighted by molar-refractivity contribution is 0.00464. The van der Waals surface area contributed by atoms with Crippen LogP contribution in [-0.2, 0) is 17.9 Å². The van der Waals surface area contributed by atoms with Gasteiger partial charge in [0, 0.05) is 20.2 Å². The van der Waals surface area contributed by atoms with E-state index in [9.17, 15) is 5.11 Å². The van der Waals surface area contributed by atoms with Crippen LogP contribution in [0.4, 0.5) is 0 Å². The van der Waals surface area contributed by atoms with Gasteiger partial charge in [0.2, 0.25) is 0 Å². The van der Waals surface area contributed by atoms with Crippen molar-refractivity contribution >= 4 is 0 Å². The van der Waals surface area contributed by atoms with Gasteiger partial charge in [-0.25, -0.2) is 0 Å². The Labute approximate surface area is 116 Å². The minimum Gasteiger partial charge on any atom is -0.389 e. The van der Waals surface area contributed by atoms with Crippen LogP contribution in [-0.4, -0.2) is 24.4 Å². The second-order valence-corrected chi connectivity index (χ2v) is 5.59. The van der Waals surface area contributed by atoms with Crippen molar-refractivity contribution in [2.24, 2.45) is 0 Å². The van der Waals surface area contributed by atoms with Gasteiger partial charge in [-0.15, -0.1) is 0 Å². The highest BCUT2D eigenvalue weighted by Gasteiger charge is 2.28. The minimum atomic E-state index is -0.492. The Morgan fingerprint density at radius 3 is 2.53 bits per heavy atom. The SMILES string of the molecule is COCc1ccccc1CNCC1(O)CCCCC1. The molecule has 0 heterocycles. The Hall–Kier alpha value is -0.900. The zero-order chi connectivity index (χ0) is 13.6. The van der Waals surface area contributed by atoms with Gasteiger partial charge in [0.05, 0.1) is 12.2 Å². The van der Waals surface area contributed by atoms with E-state index in [4.69, 9.17) is 4.74 Å². The van der Waals surface area contributed by atoms with Crippen molar-refractivity contribution in [2.75, 3.05) is 13.7 Å². The van der Waals surface area contributed by atoms with Crippen molar-refractivity contribution in [3.8, 4) is 0 Å². The molecular weight excluding hydrogens is 238 g/mol. The van der Waals surface area contributed by atoms with Crippen molar-refractivity contribution in [3.63, 3.8) is 0 Å². The van der Waals surface area contributed by atoms with E-state index in [2.05, 4.69) is 17.4 Å². The monoisotopic (exact) mass is 263 g/mol. The second-order valence-electron chi connectivity index (χ2n) is 5.59. The third-order valence-electron chi connectivity index (χ3n) is 3.97. The predicted octanol–water partition coefficient (Wildman–Crippen LogP) is 2.62. The maximum absolute atomic E-state index is 10.4. The van der Waals surface area contributed by atoms with Gasteiger partial charge in [-0.05, 0) is 24.0 Å². The highest BCUT2D eigenvalue weighted by molar-refractivity contribution is 5.26. The number of hydrogen-bond acceptors (Lipinski definition) is 3. The summed E-state index contributed by atoms with van der Waals surface area (Å²) < 4.78 is 5.21. The Morgan fingerprint density at radius 2 is 1.84 bits per heavy atom. The molecule has 0 aromatic heterocycles. The molecule has 0 spiro atoms. The van der Waals surface area contributed by atoms with Crippen LogP contribution in [0.1, 0.15) is 43.2 Å². The van der Waals surface area contributed by atoms with Crippen molar-refractivity contribution in [1.29, 1.82) is 0 Å². The molecule has 106 valence electrons. The number of methoxy groups -OCH3 is 1. The molecule has 3 heteroatoms. The van der Waals surface area contributed by atoms with E-state index in [1.54, 1.807) is 7.11 Å². The van der Waals surface area contributed by atoms with Crippen LogP contribution in [0, 0.1) is 0 Å². The van der Waals surface area contributed by atoms with Crippen molar-refractivity contribution < 1.29 is 9.84 Å². The first kappa shape index (κ1) is 14.5. The first-order valence-corrected chi connectivity index (χ1v) is 7.22. The molecule has 1 fully saturated rings. The summed E-state index contributed by atoms with van der Waals surface area (Å²) in [6.07, 6.45) is 5.43. The van der Waals surface area contributed by atoms with Gasteiger partial charge in [-0.3, -0.25) is 0 Å². The van der Waals surface area contributed by atoms with Crippen molar-refractivity contribution in [2.45, 2.75) is 50.9 Å². The Kier molecular flexibility index (Phi) is 5.37. The number of hydrogen-bond donors (Lipinski definition) is 2. The molecular formula is C16H25NO2. The average molecular weight is 263 g/mol. The smallest absolute Gasteiger partial charge is 0.0771 e. The fourth-order valence-electron chi connectivity index (χ4n) is 2.84. The fourth-order valence-corrected chi connectivity index (χ4v) is 2.84. The second kappa shape index (κ2) is 7.04. The first-order chi connectivity index (χ1) is 9.23. The summed E-state index contributed by atoms with van der Waals surface area (Å²) in [6, 6.07) is 8.29. The number of benzene rings is 1. The molecule has 2 rings (SSSR count). The van der Waals surface area contributed by atoms with Gasteiger partial charge in [0.25, 0.3) is 0 Å². The van der Waals surface area contributed by atoms with Crippen LogP contribution in [0.15, 0.2) is 24.3 Å². The van der Waals surface area contributed by atoms with Gasteiger partial charge < -0.3 is 15.2 Å². The number of ether oxygens (including phenoxy) is 1. The Morgan fingerprint density at radius 1 is 1.16 bits per heavy atom. The van der Waals surface area contributed by atoms with Crippen molar-refractivity contribution in [3.05, 3.63) is 35.4 Å². The molecule has 0 aliphatic heterocycles. The molecule has 0 radical (unpaired) electrons. The largest absolute Gasteiger partial charge is 0.389 e. The van der Waals surface area contributed by atoms with E-state index in [1.165, 1.54) is 17.5 Å². The van der Waals surface area contributed by atoms with Gasteiger partial charge in [0.15, 0.2) is 0 Å². The maximum Gasteiger partial charge on any atom is 0.0771 e. The third kappa shape index (κ3) is 4.30. The highest BCUT2D eigenvalue weighted by atomic mass is 16.5. The summed E-state index contributed by atoms with van der Waals surface area (Å²) in [5.41, 5.74) is 1.98. The highest BCUT2D eigenvalue weighted by Crippen LogP contribution is 2.27. The van der Waals surface area contributed by atoms with Gasteiger partial charge >= 0.3 is 0 Å². The molecule has 1 aromatic rings. The molecule has 1 saturated carbocycles. The summed E-state index contributed by atoms with van der Waals surface area (Å²) in [5.74, 6) is 0. The first-order valence-electron chi connectivity index (χ1n) is 7.22. The summed E-state index contributed by atoms with van der Waals surface area (Å²) in [4.78, 5) is 0. The zero-order valence-corrected chi connectivity index (χ0v) is 11.8. The standard InChI is InChI=1S/C16H25NO2/c1-19-12-15-8-4-3-7-14(15)11-17-13-16(18)9-5-2-6-10-16/h3-4,7-8,17-18H,2,5-6,9-13H2,1H3. The minimum absolute atomic E-state index is 0.492. The Balaban J connectivity index is 1.85. The lowest BCUT2D eigenvalue weighted by Crippen LogP contribution is -2.42. The van der Waals surface area contributed by atoms with Crippen molar-refractivity contribution in [1.82, 2.24) is 5.32 Å². The summed E-state index contributed by atoms with van der Waals surface area (Å²) >= 11 is 0. The quantitative estimate of drug-likeness (QED) is 0.829. The molecule has 1 aromatic carbocycles. The number of rotatable bonds is 6. The molecule has 2 N–H and O–H groups in total. The average Bonchev–Trinajstić information content (AvgIpc) is 2.42. The van der Waals surface area contributed by atoms with Gasteiger partial charge in [-0.1, -0.05) is 43.5 Å². The maximum atomic E-state index is 10.4. The van der Waals surface area contributed by atoms with Crippen LogP contribution in [0.2, 0.25) is 0 Å². The molecule has 1 aliphatic carbocycles. The Bertz CT molecular complexity index is 386. The van der Waals surface area contributed by atoms with E-state index in [1.807, 2.05) is 12.1 Å². The topological polar surface area (TPSA) is 41.5 Å². The molecule has 0 bridgehead atoms. The summed E-state index contributed by atoms with van der Waals surface area (Å²) in [7, 11) is 1.72. The molecule has 3 nitrogen and oxygen atoms in total. The molecule has 1 aliphatic rings. The van der Waals surface area contributed by atoms with E-state index >= 15 is 0 Å². The van der Waals surface area contributed by atoms with E-state index in [-0.39, 0.29) is 0 Å². The summed E-state index contributed by atoms with van der Waals surface area (Å²) in [6.45, 7) is 2.12. The van der Waals surface area contributed by atoms with Crippen LogP contribution in [0.5, 0.6) is 0 Å². The van der Waals surface area contributed by atoms with Crippen LogP contribution in [0.3, 0.4) is 0 Å². The van der Waals surface area contributed by atoms with E-state index in [0.29, 0.717) is 13.2 Å². The number of aliphatic hydroxyl groups is 1.